The van der Waals surface area contributed by atoms with Gasteiger partial charge in [0.05, 0.1) is 0 Å². The Morgan fingerprint density at radius 1 is 1.20 bits per heavy atom. The van der Waals surface area contributed by atoms with Gasteiger partial charge in [0.1, 0.15) is 0 Å². The molecule has 1 saturated heterocycles. The number of ether oxygens (including phenoxy) is 1. The number of aromatic nitrogens is 1. The van der Waals surface area contributed by atoms with E-state index in [1.807, 2.05) is 0 Å². The molecule has 0 aliphatic carbocycles. The summed E-state index contributed by atoms with van der Waals surface area (Å²) in [5.74, 6) is 0. The smallest absolute Gasteiger partial charge is 0.0486 e. The molecule has 1 fully saturated rings. The highest BCUT2D eigenvalue weighted by Crippen LogP contribution is 2.12. The summed E-state index contributed by atoms with van der Waals surface area (Å²) >= 11 is 0. The average molecular weight is 208 g/mol. The van der Waals surface area contributed by atoms with Crippen molar-refractivity contribution in [2.45, 2.75) is 39.2 Å². The maximum absolute atomic E-state index is 5.46. The second-order valence-corrected chi connectivity index (χ2v) is 4.32. The zero-order valence-corrected chi connectivity index (χ0v) is 9.62. The third kappa shape index (κ3) is 2.53. The number of hydrogen-bond acceptors (Lipinski definition) is 2. The molecule has 0 saturated carbocycles. The lowest BCUT2D eigenvalue weighted by atomic mass is 10.1. The molecule has 1 aliphatic heterocycles. The van der Waals surface area contributed by atoms with Crippen LogP contribution in [0.25, 0.3) is 0 Å². The second kappa shape index (κ2) is 4.71. The van der Waals surface area contributed by atoms with Gasteiger partial charge in [0.25, 0.3) is 0 Å². The fraction of sp³-hybridized carbons (Fsp3) is 0.667. The summed E-state index contributed by atoms with van der Waals surface area (Å²) in [7, 11) is 0. The molecule has 84 valence electrons. The lowest BCUT2D eigenvalue weighted by molar-refractivity contribution is 0.143. The summed E-state index contributed by atoms with van der Waals surface area (Å²) in [5.41, 5.74) is 6.13. The Balaban J connectivity index is 2.00. The van der Waals surface area contributed by atoms with Gasteiger partial charge in [-0.2, -0.15) is 0 Å². The number of rotatable bonds is 2. The number of hydrogen-bond donors (Lipinski definition) is 1. The van der Waals surface area contributed by atoms with E-state index in [0.717, 1.165) is 26.1 Å². The van der Waals surface area contributed by atoms with Gasteiger partial charge in [0.15, 0.2) is 0 Å². The first-order chi connectivity index (χ1) is 7.27. The van der Waals surface area contributed by atoms with Crippen LogP contribution in [-0.4, -0.2) is 23.9 Å². The van der Waals surface area contributed by atoms with Crippen molar-refractivity contribution in [3.63, 3.8) is 0 Å². The highest BCUT2D eigenvalue weighted by molar-refractivity contribution is 5.15. The van der Waals surface area contributed by atoms with Gasteiger partial charge in [-0.25, -0.2) is 0 Å². The molecule has 15 heavy (non-hydrogen) atoms. The molecule has 1 aromatic rings. The first-order valence-corrected chi connectivity index (χ1v) is 5.76. The third-order valence-corrected chi connectivity index (χ3v) is 3.03. The molecule has 1 unspecified atom stereocenters. The van der Waals surface area contributed by atoms with E-state index in [0.29, 0.717) is 6.04 Å². The minimum Gasteiger partial charge on any atom is -0.381 e. The van der Waals surface area contributed by atoms with Crippen LogP contribution in [0, 0.1) is 13.8 Å². The van der Waals surface area contributed by atoms with Crippen LogP contribution in [0.4, 0.5) is 0 Å². The van der Waals surface area contributed by atoms with Crippen molar-refractivity contribution < 1.29 is 4.74 Å². The third-order valence-electron chi connectivity index (χ3n) is 3.03. The predicted molar refractivity (Wildman–Crippen MR) is 61.7 cm³/mol. The fourth-order valence-electron chi connectivity index (χ4n) is 2.09. The van der Waals surface area contributed by atoms with Crippen molar-refractivity contribution in [3.8, 4) is 0 Å². The topological polar surface area (TPSA) is 26.2 Å². The van der Waals surface area contributed by atoms with E-state index < -0.39 is 0 Å². The van der Waals surface area contributed by atoms with E-state index in [-0.39, 0.29) is 0 Å². The summed E-state index contributed by atoms with van der Waals surface area (Å²) in [6, 6.07) is 4.85. The number of nitrogens with zero attached hydrogens (tertiary/aromatic N) is 1. The summed E-state index contributed by atoms with van der Waals surface area (Å²) < 4.78 is 7.65. The minimum absolute atomic E-state index is 0.553. The van der Waals surface area contributed by atoms with Crippen molar-refractivity contribution in [1.29, 1.82) is 0 Å². The quantitative estimate of drug-likeness (QED) is 0.806. The Labute approximate surface area is 91.4 Å². The van der Waals surface area contributed by atoms with Crippen molar-refractivity contribution in [2.75, 3.05) is 18.6 Å². The Morgan fingerprint density at radius 3 is 2.67 bits per heavy atom. The maximum atomic E-state index is 5.46. The van der Waals surface area contributed by atoms with Crippen molar-refractivity contribution in [1.82, 2.24) is 4.68 Å². The molecule has 3 nitrogen and oxygen atoms in total. The van der Waals surface area contributed by atoms with Gasteiger partial charge in [0.2, 0.25) is 0 Å². The molecule has 1 N–H and O–H groups in total. The first kappa shape index (κ1) is 10.6. The van der Waals surface area contributed by atoms with Gasteiger partial charge >= 0.3 is 0 Å². The van der Waals surface area contributed by atoms with Gasteiger partial charge in [-0.1, -0.05) is 0 Å². The molecule has 2 rings (SSSR count). The average Bonchev–Trinajstić information content (AvgIpc) is 2.49. The van der Waals surface area contributed by atoms with E-state index in [2.05, 4.69) is 36.1 Å². The lowest BCUT2D eigenvalue weighted by Gasteiger charge is -2.20. The lowest BCUT2D eigenvalue weighted by Crippen LogP contribution is -2.29. The summed E-state index contributed by atoms with van der Waals surface area (Å²) in [6.07, 6.45) is 3.48. The standard InChI is InChI=1S/C12H20N2O/c1-10-5-6-11(2)14(10)13-12-4-3-8-15-9-7-12/h5-6,12-13H,3-4,7-9H2,1-2H3. The van der Waals surface area contributed by atoms with Gasteiger partial charge < -0.3 is 10.2 Å². The molecule has 1 aliphatic rings. The normalized spacial score (nSPS) is 22.4. The van der Waals surface area contributed by atoms with Crippen LogP contribution in [0.1, 0.15) is 30.7 Å². The first-order valence-electron chi connectivity index (χ1n) is 5.76. The molecular formula is C12H20N2O. The zero-order valence-electron chi connectivity index (χ0n) is 9.62. The van der Waals surface area contributed by atoms with E-state index in [4.69, 9.17) is 4.74 Å². The van der Waals surface area contributed by atoms with E-state index in [1.54, 1.807) is 0 Å². The monoisotopic (exact) mass is 208 g/mol. The molecule has 1 atom stereocenters. The van der Waals surface area contributed by atoms with Crippen LogP contribution in [-0.2, 0) is 4.74 Å². The Morgan fingerprint density at radius 2 is 1.93 bits per heavy atom. The van der Waals surface area contributed by atoms with Crippen molar-refractivity contribution in [2.24, 2.45) is 0 Å². The summed E-state index contributed by atoms with van der Waals surface area (Å²) in [5, 5.41) is 0. The summed E-state index contributed by atoms with van der Waals surface area (Å²) in [6.45, 7) is 6.07. The van der Waals surface area contributed by atoms with E-state index >= 15 is 0 Å². The number of aryl methyl sites for hydroxylation is 2. The zero-order chi connectivity index (χ0) is 10.7. The van der Waals surface area contributed by atoms with Gasteiger partial charge in [-0.05, 0) is 45.2 Å². The fourth-order valence-corrected chi connectivity index (χ4v) is 2.09. The Bertz CT molecular complexity index is 292. The molecular weight excluding hydrogens is 188 g/mol. The van der Waals surface area contributed by atoms with Gasteiger partial charge in [-0.15, -0.1) is 0 Å². The molecule has 2 heterocycles. The molecule has 0 amide bonds. The largest absolute Gasteiger partial charge is 0.381 e. The number of nitrogens with one attached hydrogen (secondary N) is 1. The van der Waals surface area contributed by atoms with Crippen molar-refractivity contribution >= 4 is 0 Å². The van der Waals surface area contributed by atoms with Crippen LogP contribution in [0.15, 0.2) is 12.1 Å². The molecule has 0 aromatic carbocycles. The van der Waals surface area contributed by atoms with Crippen LogP contribution < -0.4 is 5.43 Å². The predicted octanol–water partition coefficient (Wildman–Crippen LogP) is 2.22. The minimum atomic E-state index is 0.553. The molecule has 3 heteroatoms. The van der Waals surface area contributed by atoms with Crippen LogP contribution >= 0.6 is 0 Å². The van der Waals surface area contributed by atoms with E-state index in [9.17, 15) is 0 Å². The second-order valence-electron chi connectivity index (χ2n) is 4.32. The van der Waals surface area contributed by atoms with E-state index in [1.165, 1.54) is 17.8 Å². The molecule has 0 bridgehead atoms. The highest BCUT2D eigenvalue weighted by atomic mass is 16.5. The van der Waals surface area contributed by atoms with Gasteiger partial charge in [-0.3, -0.25) is 4.68 Å². The SMILES string of the molecule is Cc1ccc(C)n1NC1CCCOCC1. The summed E-state index contributed by atoms with van der Waals surface area (Å²) in [4.78, 5) is 0. The van der Waals surface area contributed by atoms with Crippen molar-refractivity contribution in [3.05, 3.63) is 23.5 Å². The Hall–Kier alpha value is -0.960. The van der Waals surface area contributed by atoms with Crippen LogP contribution in [0.3, 0.4) is 0 Å². The van der Waals surface area contributed by atoms with Gasteiger partial charge in [0, 0.05) is 30.6 Å². The highest BCUT2D eigenvalue weighted by Gasteiger charge is 2.13. The van der Waals surface area contributed by atoms with Crippen LogP contribution in [0.2, 0.25) is 0 Å². The molecule has 0 radical (unpaired) electrons. The maximum Gasteiger partial charge on any atom is 0.0486 e. The Kier molecular flexibility index (Phi) is 3.31. The van der Waals surface area contributed by atoms with Crippen LogP contribution in [0.5, 0.6) is 0 Å². The molecule has 1 aromatic heterocycles. The molecule has 0 spiro atoms.